The number of aryl methyl sites for hydroxylation is 1. The lowest BCUT2D eigenvalue weighted by Crippen LogP contribution is -2.38. The smallest absolute Gasteiger partial charge is 0.214 e. The second kappa shape index (κ2) is 8.41. The fraction of sp³-hybridized carbons (Fsp3) is 0.571. The van der Waals surface area contributed by atoms with Crippen LogP contribution in [0.2, 0.25) is 0 Å². The van der Waals surface area contributed by atoms with Crippen LogP contribution >= 0.6 is 12.2 Å². The number of aromatic nitrogens is 1. The van der Waals surface area contributed by atoms with Gasteiger partial charge in [-0.3, -0.25) is 4.98 Å². The summed E-state index contributed by atoms with van der Waals surface area (Å²) in [5.74, 6) is 0.301. The van der Waals surface area contributed by atoms with Gasteiger partial charge in [-0.05, 0) is 18.1 Å². The van der Waals surface area contributed by atoms with Gasteiger partial charge in [0.05, 0.1) is 10.7 Å². The SMILES string of the molecule is CC(C)CN(CCC(N)=S)S(=O)(=O)CCc1ccccn1. The molecular weight excluding hydrogens is 306 g/mol. The molecule has 1 aromatic heterocycles. The fourth-order valence-electron chi connectivity index (χ4n) is 1.89. The fourth-order valence-corrected chi connectivity index (χ4v) is 3.61. The van der Waals surface area contributed by atoms with Crippen LogP contribution in [-0.2, 0) is 16.4 Å². The van der Waals surface area contributed by atoms with E-state index in [9.17, 15) is 8.42 Å². The Morgan fingerprint density at radius 2 is 2.14 bits per heavy atom. The molecule has 0 aromatic carbocycles. The van der Waals surface area contributed by atoms with Gasteiger partial charge in [-0.2, -0.15) is 0 Å². The summed E-state index contributed by atoms with van der Waals surface area (Å²) in [7, 11) is -3.33. The molecule has 118 valence electrons. The molecular formula is C14H23N3O2S2. The van der Waals surface area contributed by atoms with Crippen molar-refractivity contribution in [3.63, 3.8) is 0 Å². The molecule has 1 rings (SSSR count). The molecule has 0 aliphatic heterocycles. The zero-order valence-corrected chi connectivity index (χ0v) is 14.2. The van der Waals surface area contributed by atoms with Gasteiger partial charge < -0.3 is 5.73 Å². The van der Waals surface area contributed by atoms with Gasteiger partial charge in [0, 0.05) is 37.8 Å². The maximum absolute atomic E-state index is 12.5. The van der Waals surface area contributed by atoms with Crippen LogP contribution in [-0.4, -0.2) is 41.5 Å². The van der Waals surface area contributed by atoms with E-state index < -0.39 is 10.0 Å². The molecule has 0 saturated carbocycles. The molecule has 5 nitrogen and oxygen atoms in total. The molecule has 0 bridgehead atoms. The number of nitrogens with zero attached hydrogens (tertiary/aromatic N) is 2. The first kappa shape index (κ1) is 18.0. The van der Waals surface area contributed by atoms with Crippen LogP contribution in [0.25, 0.3) is 0 Å². The van der Waals surface area contributed by atoms with Crippen molar-refractivity contribution in [2.24, 2.45) is 11.7 Å². The topological polar surface area (TPSA) is 76.3 Å². The van der Waals surface area contributed by atoms with Crippen LogP contribution in [0.15, 0.2) is 24.4 Å². The molecule has 1 heterocycles. The first-order valence-electron chi connectivity index (χ1n) is 6.97. The maximum atomic E-state index is 12.5. The van der Waals surface area contributed by atoms with Gasteiger partial charge in [-0.15, -0.1) is 0 Å². The summed E-state index contributed by atoms with van der Waals surface area (Å²) in [6.45, 7) is 4.80. The van der Waals surface area contributed by atoms with Crippen molar-refractivity contribution < 1.29 is 8.42 Å². The predicted molar refractivity (Wildman–Crippen MR) is 89.5 cm³/mol. The monoisotopic (exact) mass is 329 g/mol. The lowest BCUT2D eigenvalue weighted by Gasteiger charge is -2.23. The van der Waals surface area contributed by atoms with Crippen LogP contribution in [0.1, 0.15) is 26.0 Å². The Morgan fingerprint density at radius 1 is 1.43 bits per heavy atom. The van der Waals surface area contributed by atoms with Crippen molar-refractivity contribution in [1.29, 1.82) is 0 Å². The number of hydrogen-bond acceptors (Lipinski definition) is 4. The van der Waals surface area contributed by atoms with Crippen molar-refractivity contribution in [3.05, 3.63) is 30.1 Å². The highest BCUT2D eigenvalue weighted by molar-refractivity contribution is 7.89. The predicted octanol–water partition coefficient (Wildman–Crippen LogP) is 1.59. The first-order chi connectivity index (χ1) is 9.81. The summed E-state index contributed by atoms with van der Waals surface area (Å²) in [5, 5.41) is 0. The number of hydrogen-bond donors (Lipinski definition) is 1. The highest BCUT2D eigenvalue weighted by Crippen LogP contribution is 2.10. The van der Waals surface area contributed by atoms with Gasteiger partial charge in [0.25, 0.3) is 0 Å². The molecule has 0 aliphatic rings. The molecule has 21 heavy (non-hydrogen) atoms. The largest absolute Gasteiger partial charge is 0.393 e. The third-order valence-corrected chi connectivity index (χ3v) is 4.95. The van der Waals surface area contributed by atoms with E-state index in [4.69, 9.17) is 18.0 Å². The Labute approximate surface area is 132 Å². The number of thiocarbonyl (C=S) groups is 1. The Morgan fingerprint density at radius 3 is 2.67 bits per heavy atom. The molecule has 0 amide bonds. The highest BCUT2D eigenvalue weighted by Gasteiger charge is 2.22. The average Bonchev–Trinajstić information content (AvgIpc) is 2.42. The minimum Gasteiger partial charge on any atom is -0.393 e. The third kappa shape index (κ3) is 6.97. The molecule has 0 radical (unpaired) electrons. The van der Waals surface area contributed by atoms with E-state index in [1.54, 1.807) is 6.20 Å². The van der Waals surface area contributed by atoms with E-state index in [0.717, 1.165) is 5.69 Å². The van der Waals surface area contributed by atoms with E-state index in [-0.39, 0.29) is 11.7 Å². The van der Waals surface area contributed by atoms with E-state index >= 15 is 0 Å². The molecule has 0 aliphatic carbocycles. The Bertz CT molecular complexity index is 545. The minimum atomic E-state index is -3.33. The van der Waals surface area contributed by atoms with E-state index in [1.165, 1.54) is 4.31 Å². The van der Waals surface area contributed by atoms with Crippen LogP contribution < -0.4 is 5.73 Å². The summed E-state index contributed by atoms with van der Waals surface area (Å²) in [4.78, 5) is 4.49. The Hall–Kier alpha value is -1.05. The molecule has 0 atom stereocenters. The first-order valence-corrected chi connectivity index (χ1v) is 8.99. The van der Waals surface area contributed by atoms with Crippen LogP contribution in [0.4, 0.5) is 0 Å². The van der Waals surface area contributed by atoms with Gasteiger partial charge >= 0.3 is 0 Å². The van der Waals surface area contributed by atoms with Crippen molar-refractivity contribution in [2.45, 2.75) is 26.7 Å². The van der Waals surface area contributed by atoms with Crippen molar-refractivity contribution in [3.8, 4) is 0 Å². The summed E-state index contributed by atoms with van der Waals surface area (Å²) in [5.41, 5.74) is 6.26. The van der Waals surface area contributed by atoms with Gasteiger partial charge in [-0.1, -0.05) is 32.1 Å². The van der Waals surface area contributed by atoms with Crippen LogP contribution in [0.5, 0.6) is 0 Å². The number of pyridine rings is 1. The minimum absolute atomic E-state index is 0.0497. The van der Waals surface area contributed by atoms with E-state index in [1.807, 2.05) is 32.0 Å². The van der Waals surface area contributed by atoms with Crippen LogP contribution in [0.3, 0.4) is 0 Å². The number of sulfonamides is 1. The van der Waals surface area contributed by atoms with Gasteiger partial charge in [0.2, 0.25) is 10.0 Å². The highest BCUT2D eigenvalue weighted by atomic mass is 32.2. The zero-order valence-electron chi connectivity index (χ0n) is 12.5. The number of nitrogens with two attached hydrogens (primary N) is 1. The van der Waals surface area contributed by atoms with Gasteiger partial charge in [0.1, 0.15) is 0 Å². The Kier molecular flexibility index (Phi) is 7.21. The molecule has 2 N–H and O–H groups in total. The Balaban J connectivity index is 2.71. The lowest BCUT2D eigenvalue weighted by molar-refractivity contribution is 0.374. The molecule has 0 unspecified atom stereocenters. The van der Waals surface area contributed by atoms with E-state index in [2.05, 4.69) is 4.98 Å². The standard InChI is InChI=1S/C14H23N3O2S2/c1-12(2)11-17(9-6-14(15)20)21(18,19)10-7-13-5-3-4-8-16-13/h3-5,8,12H,6-7,9-11H2,1-2H3,(H2,15,20). The maximum Gasteiger partial charge on any atom is 0.214 e. The van der Waals surface area contributed by atoms with Crippen molar-refractivity contribution in [2.75, 3.05) is 18.8 Å². The molecule has 0 spiro atoms. The second-order valence-corrected chi connectivity index (χ2v) is 7.97. The third-order valence-electron chi connectivity index (χ3n) is 2.91. The van der Waals surface area contributed by atoms with Gasteiger partial charge in [-0.25, -0.2) is 12.7 Å². The van der Waals surface area contributed by atoms with Crippen LogP contribution in [0, 0.1) is 5.92 Å². The summed E-state index contributed by atoms with van der Waals surface area (Å²) in [6, 6.07) is 5.50. The number of rotatable bonds is 9. The quantitative estimate of drug-likeness (QED) is 0.696. The van der Waals surface area contributed by atoms with E-state index in [0.29, 0.717) is 30.9 Å². The summed E-state index contributed by atoms with van der Waals surface area (Å²) in [6.07, 6.45) is 2.48. The van der Waals surface area contributed by atoms with Gasteiger partial charge in [0.15, 0.2) is 0 Å². The summed E-state index contributed by atoms with van der Waals surface area (Å²) >= 11 is 4.84. The molecule has 7 heteroatoms. The normalized spacial score (nSPS) is 12.0. The molecule has 0 saturated heterocycles. The molecule has 1 aromatic rings. The van der Waals surface area contributed by atoms with Crippen molar-refractivity contribution in [1.82, 2.24) is 9.29 Å². The average molecular weight is 329 g/mol. The zero-order chi connectivity index (χ0) is 15.9. The summed E-state index contributed by atoms with van der Waals surface area (Å²) < 4.78 is 26.4. The second-order valence-electron chi connectivity index (χ2n) is 5.36. The van der Waals surface area contributed by atoms with Crippen molar-refractivity contribution >= 4 is 27.2 Å². The lowest BCUT2D eigenvalue weighted by atomic mass is 10.2. The molecule has 0 fully saturated rings.